The molecule has 6 heteroatoms. The maximum Gasteiger partial charge on any atom is 0.207 e. The first-order valence-electron chi connectivity index (χ1n) is 8.75. The number of quaternary nitrogens is 1. The lowest BCUT2D eigenvalue weighted by molar-refractivity contribution is -0.941. The number of likely N-dealkylation sites (tertiary alicyclic amines) is 1. The van der Waals surface area contributed by atoms with Crippen LogP contribution >= 0.6 is 23.6 Å². The standard InChI is InChI=1S/C19H22N4S2/c1-14-6-3-7-16(12-14)23-15(2)20-22(19(23)24)13-21-10-4-8-17(21)18-9-5-11-25-18/h3,5-7,9,11-12,17H,4,8,10,13H2,1-2H3/p+1/t17-/m0/s1. The lowest BCUT2D eigenvalue weighted by Gasteiger charge is -2.20. The molecule has 25 heavy (non-hydrogen) atoms. The summed E-state index contributed by atoms with van der Waals surface area (Å²) in [5.41, 5.74) is 2.33. The zero-order valence-corrected chi connectivity index (χ0v) is 16.2. The summed E-state index contributed by atoms with van der Waals surface area (Å²) in [4.78, 5) is 3.04. The Balaban J connectivity index is 1.64. The average molecular weight is 372 g/mol. The molecule has 1 unspecified atom stereocenters. The molecule has 0 bridgehead atoms. The van der Waals surface area contributed by atoms with Gasteiger partial charge in [0, 0.05) is 18.5 Å². The van der Waals surface area contributed by atoms with Crippen molar-refractivity contribution in [2.75, 3.05) is 6.54 Å². The highest BCUT2D eigenvalue weighted by atomic mass is 32.1. The van der Waals surface area contributed by atoms with Crippen LogP contribution in [0.2, 0.25) is 0 Å². The van der Waals surface area contributed by atoms with Crippen molar-refractivity contribution in [1.82, 2.24) is 14.3 Å². The third-order valence-corrected chi connectivity index (χ3v) is 6.36. The number of rotatable bonds is 4. The molecule has 4 nitrogen and oxygen atoms in total. The summed E-state index contributed by atoms with van der Waals surface area (Å²) < 4.78 is 4.87. The fraction of sp³-hybridized carbons (Fsp3) is 0.368. The summed E-state index contributed by atoms with van der Waals surface area (Å²) in [6.45, 7) is 6.15. The van der Waals surface area contributed by atoms with Crippen LogP contribution in [0.5, 0.6) is 0 Å². The van der Waals surface area contributed by atoms with Gasteiger partial charge in [0.25, 0.3) is 0 Å². The number of aryl methyl sites for hydroxylation is 2. The molecule has 2 atom stereocenters. The SMILES string of the molecule is Cc1cccc(-n2c(C)nn(C[NH+]3CCC[C@H]3c3cccs3)c2=S)c1. The number of hydrogen-bond donors (Lipinski definition) is 1. The van der Waals surface area contributed by atoms with Gasteiger partial charge >= 0.3 is 0 Å². The van der Waals surface area contributed by atoms with Crippen LogP contribution in [0.1, 0.15) is 35.1 Å². The summed E-state index contributed by atoms with van der Waals surface area (Å²) in [5.74, 6) is 0.946. The number of thiophene rings is 1. The largest absolute Gasteiger partial charge is 0.309 e. The van der Waals surface area contributed by atoms with Gasteiger partial charge in [-0.1, -0.05) is 18.2 Å². The Morgan fingerprint density at radius 3 is 2.92 bits per heavy atom. The predicted octanol–water partition coefficient (Wildman–Crippen LogP) is 3.46. The van der Waals surface area contributed by atoms with E-state index in [9.17, 15) is 0 Å². The van der Waals surface area contributed by atoms with Gasteiger partial charge in [0.05, 0.1) is 11.4 Å². The summed E-state index contributed by atoms with van der Waals surface area (Å²) in [6.07, 6.45) is 2.52. The van der Waals surface area contributed by atoms with Crippen LogP contribution in [0.25, 0.3) is 5.69 Å². The monoisotopic (exact) mass is 371 g/mol. The van der Waals surface area contributed by atoms with Crippen molar-refractivity contribution in [3.05, 3.63) is 62.8 Å². The van der Waals surface area contributed by atoms with Gasteiger partial charge in [-0.2, -0.15) is 9.78 Å². The quantitative estimate of drug-likeness (QED) is 0.711. The minimum atomic E-state index is 0.575. The highest BCUT2D eigenvalue weighted by Gasteiger charge is 2.31. The molecule has 0 amide bonds. The zero-order chi connectivity index (χ0) is 17.4. The summed E-state index contributed by atoms with van der Waals surface area (Å²) >= 11 is 7.63. The molecule has 1 fully saturated rings. The molecule has 3 heterocycles. The van der Waals surface area contributed by atoms with Crippen LogP contribution < -0.4 is 4.90 Å². The van der Waals surface area contributed by atoms with E-state index in [2.05, 4.69) is 53.3 Å². The van der Waals surface area contributed by atoms with Crippen molar-refractivity contribution in [3.8, 4) is 5.69 Å². The zero-order valence-electron chi connectivity index (χ0n) is 14.6. The molecular weight excluding hydrogens is 348 g/mol. The van der Waals surface area contributed by atoms with Crippen LogP contribution in [-0.2, 0) is 6.67 Å². The summed E-state index contributed by atoms with van der Waals surface area (Å²) in [6, 6.07) is 13.4. The van der Waals surface area contributed by atoms with Gasteiger partial charge in [0.1, 0.15) is 11.9 Å². The van der Waals surface area contributed by atoms with Crippen molar-refractivity contribution in [3.63, 3.8) is 0 Å². The molecule has 1 saturated heterocycles. The number of benzene rings is 1. The lowest BCUT2D eigenvalue weighted by atomic mass is 10.2. The van der Waals surface area contributed by atoms with E-state index in [1.54, 1.807) is 4.90 Å². The van der Waals surface area contributed by atoms with Crippen molar-refractivity contribution in [2.45, 2.75) is 39.4 Å². The molecule has 1 aromatic carbocycles. The first kappa shape index (κ1) is 16.7. The second kappa shape index (κ2) is 6.86. The van der Waals surface area contributed by atoms with Gasteiger partial charge in [-0.25, -0.2) is 0 Å². The first-order valence-corrected chi connectivity index (χ1v) is 10.0. The molecule has 0 radical (unpaired) electrons. The van der Waals surface area contributed by atoms with Gasteiger partial charge in [-0.05, 0) is 55.2 Å². The molecule has 2 aromatic heterocycles. The third-order valence-electron chi connectivity index (χ3n) is 4.98. The molecule has 0 spiro atoms. The van der Waals surface area contributed by atoms with E-state index in [1.807, 2.05) is 22.9 Å². The fourth-order valence-corrected chi connectivity index (χ4v) is 5.07. The van der Waals surface area contributed by atoms with E-state index < -0.39 is 0 Å². The molecule has 1 aliphatic rings. The van der Waals surface area contributed by atoms with E-state index in [4.69, 9.17) is 17.3 Å². The second-order valence-corrected chi connectivity index (χ2v) is 8.12. The minimum absolute atomic E-state index is 0.575. The van der Waals surface area contributed by atoms with E-state index >= 15 is 0 Å². The van der Waals surface area contributed by atoms with Crippen molar-refractivity contribution in [1.29, 1.82) is 0 Å². The van der Waals surface area contributed by atoms with Crippen LogP contribution in [0.3, 0.4) is 0 Å². The van der Waals surface area contributed by atoms with E-state index in [1.165, 1.54) is 29.8 Å². The van der Waals surface area contributed by atoms with E-state index in [0.29, 0.717) is 6.04 Å². The Labute approximate surface area is 157 Å². The van der Waals surface area contributed by atoms with Crippen LogP contribution in [-0.4, -0.2) is 20.9 Å². The average Bonchev–Trinajstić information content (AvgIpc) is 3.29. The molecule has 3 aromatic rings. The highest BCUT2D eigenvalue weighted by Crippen LogP contribution is 2.23. The lowest BCUT2D eigenvalue weighted by Crippen LogP contribution is -3.09. The molecular formula is C19H23N4S2+. The molecule has 4 rings (SSSR count). The molecule has 1 N–H and O–H groups in total. The Kier molecular flexibility index (Phi) is 4.58. The van der Waals surface area contributed by atoms with Crippen LogP contribution in [0, 0.1) is 18.6 Å². The van der Waals surface area contributed by atoms with Gasteiger partial charge in [-0.3, -0.25) is 4.57 Å². The van der Waals surface area contributed by atoms with Crippen molar-refractivity contribution in [2.24, 2.45) is 0 Å². The molecule has 0 aliphatic carbocycles. The van der Waals surface area contributed by atoms with E-state index in [0.717, 1.165) is 23.0 Å². The first-order chi connectivity index (χ1) is 12.1. The Bertz CT molecular complexity index is 923. The molecule has 130 valence electrons. The molecule has 0 saturated carbocycles. The number of aromatic nitrogens is 3. The second-order valence-electron chi connectivity index (χ2n) is 6.78. The smallest absolute Gasteiger partial charge is 0.207 e. The number of hydrogen-bond acceptors (Lipinski definition) is 3. The van der Waals surface area contributed by atoms with Gasteiger partial charge in [0.2, 0.25) is 4.77 Å². The Hall–Kier alpha value is -1.76. The van der Waals surface area contributed by atoms with Crippen molar-refractivity contribution >= 4 is 23.6 Å². The number of nitrogens with one attached hydrogen (secondary N) is 1. The number of nitrogens with zero attached hydrogens (tertiary/aromatic N) is 3. The third kappa shape index (κ3) is 3.21. The van der Waals surface area contributed by atoms with Crippen molar-refractivity contribution < 1.29 is 4.90 Å². The summed E-state index contributed by atoms with van der Waals surface area (Å²) in [7, 11) is 0. The van der Waals surface area contributed by atoms with Crippen LogP contribution in [0.4, 0.5) is 0 Å². The fourth-order valence-electron chi connectivity index (χ4n) is 3.81. The minimum Gasteiger partial charge on any atom is -0.309 e. The maximum absolute atomic E-state index is 5.76. The normalized spacial score (nSPS) is 20.2. The molecule has 1 aliphatic heterocycles. The van der Waals surface area contributed by atoms with Gasteiger partial charge in [-0.15, -0.1) is 11.3 Å². The van der Waals surface area contributed by atoms with E-state index in [-0.39, 0.29) is 0 Å². The topological polar surface area (TPSA) is 27.2 Å². The Morgan fingerprint density at radius 1 is 1.28 bits per heavy atom. The maximum atomic E-state index is 5.76. The van der Waals surface area contributed by atoms with Gasteiger partial charge < -0.3 is 4.90 Å². The Morgan fingerprint density at radius 2 is 2.16 bits per heavy atom. The highest BCUT2D eigenvalue weighted by molar-refractivity contribution is 7.71. The van der Waals surface area contributed by atoms with Crippen LogP contribution in [0.15, 0.2) is 41.8 Å². The van der Waals surface area contributed by atoms with Gasteiger partial charge in [0.15, 0.2) is 6.67 Å². The summed E-state index contributed by atoms with van der Waals surface area (Å²) in [5, 5.41) is 6.93. The predicted molar refractivity (Wildman–Crippen MR) is 104 cm³/mol.